The van der Waals surface area contributed by atoms with E-state index >= 15 is 0 Å². The van der Waals surface area contributed by atoms with Gasteiger partial charge in [-0.05, 0) is 29.8 Å². The zero-order chi connectivity index (χ0) is 19.3. The summed E-state index contributed by atoms with van der Waals surface area (Å²) in [6.07, 6.45) is 4.78. The van der Waals surface area contributed by atoms with Crippen LogP contribution < -0.4 is 10.6 Å². The second kappa shape index (κ2) is 12.9. The third-order valence-electron chi connectivity index (χ3n) is 3.90. The Bertz CT molecular complexity index is 707. The lowest BCUT2D eigenvalue weighted by molar-refractivity contribution is -0.116. The standard InChI is InChI=1S/C21H25ClIN3O/c22-19-8-10-20(11-9-19)25-21(27)12-13-24-14-16-26(17-23)15-4-7-18-5-2-1-3-6-18/h1-11,24H,12-17H2,(H,25,27)/b7-4+. The number of hydrogen-bond donors (Lipinski definition) is 2. The number of carbonyl (C=O) groups is 1. The van der Waals surface area contributed by atoms with E-state index in [2.05, 4.69) is 62.4 Å². The highest BCUT2D eigenvalue weighted by Gasteiger charge is 2.03. The van der Waals surface area contributed by atoms with Crippen LogP contribution in [0.1, 0.15) is 12.0 Å². The molecule has 0 aromatic heterocycles. The van der Waals surface area contributed by atoms with E-state index in [1.54, 1.807) is 24.3 Å². The molecule has 0 saturated carbocycles. The first-order valence-electron chi connectivity index (χ1n) is 8.93. The van der Waals surface area contributed by atoms with Gasteiger partial charge < -0.3 is 10.6 Å². The number of alkyl halides is 1. The summed E-state index contributed by atoms with van der Waals surface area (Å²) in [6.45, 7) is 3.38. The topological polar surface area (TPSA) is 44.4 Å². The van der Waals surface area contributed by atoms with E-state index in [-0.39, 0.29) is 5.91 Å². The molecule has 0 radical (unpaired) electrons. The molecule has 4 nitrogen and oxygen atoms in total. The molecule has 2 aromatic carbocycles. The molecule has 0 unspecified atom stereocenters. The predicted octanol–water partition coefficient (Wildman–Crippen LogP) is 4.67. The Balaban J connectivity index is 1.58. The largest absolute Gasteiger partial charge is 0.326 e. The van der Waals surface area contributed by atoms with E-state index in [4.69, 9.17) is 11.6 Å². The molecule has 0 atom stereocenters. The smallest absolute Gasteiger partial charge is 0.225 e. The fourth-order valence-corrected chi connectivity index (χ4v) is 3.17. The Hall–Kier alpha value is -1.41. The third-order valence-corrected chi connectivity index (χ3v) is 5.12. The Morgan fingerprint density at radius 2 is 1.81 bits per heavy atom. The van der Waals surface area contributed by atoms with Gasteiger partial charge in [-0.15, -0.1) is 0 Å². The summed E-state index contributed by atoms with van der Waals surface area (Å²) in [5, 5.41) is 6.86. The molecular weight excluding hydrogens is 473 g/mol. The van der Waals surface area contributed by atoms with Gasteiger partial charge in [0.2, 0.25) is 5.91 Å². The van der Waals surface area contributed by atoms with Crippen molar-refractivity contribution < 1.29 is 4.79 Å². The van der Waals surface area contributed by atoms with E-state index in [9.17, 15) is 4.79 Å². The molecule has 6 heteroatoms. The lowest BCUT2D eigenvalue weighted by atomic mass is 10.2. The molecule has 0 spiro atoms. The minimum atomic E-state index is 0.00126. The van der Waals surface area contributed by atoms with Crippen molar-refractivity contribution in [1.82, 2.24) is 10.2 Å². The van der Waals surface area contributed by atoms with Gasteiger partial charge in [0.25, 0.3) is 0 Å². The van der Waals surface area contributed by atoms with E-state index in [1.807, 2.05) is 18.2 Å². The highest BCUT2D eigenvalue weighted by molar-refractivity contribution is 14.1. The van der Waals surface area contributed by atoms with E-state index in [0.29, 0.717) is 18.0 Å². The van der Waals surface area contributed by atoms with Crippen LogP contribution in [0, 0.1) is 0 Å². The second-order valence-electron chi connectivity index (χ2n) is 6.06. The molecule has 0 fully saturated rings. The Labute approximate surface area is 180 Å². The van der Waals surface area contributed by atoms with Crippen LogP contribution in [-0.4, -0.2) is 41.5 Å². The van der Waals surface area contributed by atoms with Gasteiger partial charge in [-0.2, -0.15) is 0 Å². The van der Waals surface area contributed by atoms with Crippen LogP contribution in [0.25, 0.3) is 6.08 Å². The summed E-state index contributed by atoms with van der Waals surface area (Å²) in [6, 6.07) is 17.4. The maximum atomic E-state index is 11.9. The number of nitrogens with zero attached hydrogens (tertiary/aromatic N) is 1. The van der Waals surface area contributed by atoms with Crippen LogP contribution in [0.5, 0.6) is 0 Å². The fraction of sp³-hybridized carbons (Fsp3) is 0.286. The molecule has 2 N–H and O–H groups in total. The summed E-state index contributed by atoms with van der Waals surface area (Å²) in [7, 11) is 0. The molecule has 0 heterocycles. The van der Waals surface area contributed by atoms with Crippen molar-refractivity contribution in [2.24, 2.45) is 0 Å². The van der Waals surface area contributed by atoms with Crippen molar-refractivity contribution in [2.45, 2.75) is 6.42 Å². The van der Waals surface area contributed by atoms with Gasteiger partial charge in [0.1, 0.15) is 0 Å². The number of amides is 1. The molecule has 27 heavy (non-hydrogen) atoms. The maximum Gasteiger partial charge on any atom is 0.225 e. The van der Waals surface area contributed by atoms with Crippen molar-refractivity contribution in [3.05, 3.63) is 71.3 Å². The molecule has 0 bridgehead atoms. The molecule has 144 valence electrons. The number of hydrogen-bond acceptors (Lipinski definition) is 3. The molecular formula is C21H25ClIN3O. The molecule has 1 amide bonds. The average Bonchev–Trinajstić information content (AvgIpc) is 2.69. The van der Waals surface area contributed by atoms with Crippen molar-refractivity contribution in [2.75, 3.05) is 36.0 Å². The monoisotopic (exact) mass is 497 g/mol. The zero-order valence-corrected chi connectivity index (χ0v) is 18.1. The first-order chi connectivity index (χ1) is 13.2. The third kappa shape index (κ3) is 9.37. The van der Waals surface area contributed by atoms with Crippen LogP contribution in [-0.2, 0) is 4.79 Å². The van der Waals surface area contributed by atoms with Gasteiger partial charge in [-0.1, -0.05) is 76.7 Å². The van der Waals surface area contributed by atoms with Crippen LogP contribution in [0.15, 0.2) is 60.7 Å². The Kier molecular flexibility index (Phi) is 10.4. The lowest BCUT2D eigenvalue weighted by Crippen LogP contribution is -2.32. The van der Waals surface area contributed by atoms with Crippen LogP contribution in [0.3, 0.4) is 0 Å². The molecule has 0 aliphatic rings. The van der Waals surface area contributed by atoms with Crippen molar-refractivity contribution >= 4 is 51.9 Å². The van der Waals surface area contributed by atoms with E-state index in [1.165, 1.54) is 5.56 Å². The average molecular weight is 498 g/mol. The normalized spacial score (nSPS) is 11.2. The first kappa shape index (κ1) is 21.9. The maximum absolute atomic E-state index is 11.9. The number of nitrogens with one attached hydrogen (secondary N) is 2. The van der Waals surface area contributed by atoms with Gasteiger partial charge in [-0.3, -0.25) is 9.69 Å². The summed E-state index contributed by atoms with van der Waals surface area (Å²) in [5.41, 5.74) is 1.99. The molecule has 0 aliphatic carbocycles. The van der Waals surface area contributed by atoms with Crippen LogP contribution >= 0.6 is 34.2 Å². The minimum Gasteiger partial charge on any atom is -0.326 e. The van der Waals surface area contributed by atoms with Crippen molar-refractivity contribution in [3.8, 4) is 0 Å². The zero-order valence-electron chi connectivity index (χ0n) is 15.2. The molecule has 2 rings (SSSR count). The van der Waals surface area contributed by atoms with Crippen molar-refractivity contribution in [3.63, 3.8) is 0 Å². The summed E-state index contributed by atoms with van der Waals surface area (Å²) >= 11 is 8.22. The molecule has 2 aromatic rings. The van der Waals surface area contributed by atoms with E-state index < -0.39 is 0 Å². The number of anilines is 1. The van der Waals surface area contributed by atoms with Gasteiger partial charge >= 0.3 is 0 Å². The highest BCUT2D eigenvalue weighted by atomic mass is 127. The van der Waals surface area contributed by atoms with Crippen LogP contribution in [0.4, 0.5) is 5.69 Å². The number of carbonyl (C=O) groups excluding carboxylic acids is 1. The number of benzene rings is 2. The van der Waals surface area contributed by atoms with Gasteiger partial charge in [0.15, 0.2) is 0 Å². The van der Waals surface area contributed by atoms with Crippen molar-refractivity contribution in [1.29, 1.82) is 0 Å². The summed E-state index contributed by atoms with van der Waals surface area (Å²) in [5.74, 6) is 0.00126. The SMILES string of the molecule is O=C(CCNCCN(CI)C/C=C/c1ccccc1)Nc1ccc(Cl)cc1. The predicted molar refractivity (Wildman–Crippen MR) is 124 cm³/mol. The quantitative estimate of drug-likeness (QED) is 0.205. The van der Waals surface area contributed by atoms with Gasteiger partial charge in [0, 0.05) is 43.3 Å². The summed E-state index contributed by atoms with van der Waals surface area (Å²) < 4.78 is 0.968. The molecule has 0 saturated heterocycles. The first-order valence-corrected chi connectivity index (χ1v) is 10.8. The number of rotatable bonds is 11. The Morgan fingerprint density at radius 3 is 2.52 bits per heavy atom. The number of halogens is 2. The summed E-state index contributed by atoms with van der Waals surface area (Å²) in [4.78, 5) is 14.3. The fourth-order valence-electron chi connectivity index (χ4n) is 2.42. The van der Waals surface area contributed by atoms with E-state index in [0.717, 1.165) is 29.9 Å². The minimum absolute atomic E-state index is 0.00126. The van der Waals surface area contributed by atoms with Gasteiger partial charge in [0.05, 0.1) is 4.55 Å². The highest BCUT2D eigenvalue weighted by Crippen LogP contribution is 2.13. The lowest BCUT2D eigenvalue weighted by Gasteiger charge is -2.17. The Morgan fingerprint density at radius 1 is 1.07 bits per heavy atom. The van der Waals surface area contributed by atoms with Gasteiger partial charge in [-0.25, -0.2) is 0 Å². The van der Waals surface area contributed by atoms with Crippen LogP contribution in [0.2, 0.25) is 5.02 Å². The second-order valence-corrected chi connectivity index (χ2v) is 7.18. The molecule has 0 aliphatic heterocycles.